The van der Waals surface area contributed by atoms with Crippen LogP contribution < -0.4 is 20.9 Å². The topological polar surface area (TPSA) is 139 Å². The van der Waals surface area contributed by atoms with Crippen molar-refractivity contribution in [2.24, 2.45) is 0 Å². The van der Waals surface area contributed by atoms with Crippen LogP contribution in [0, 0.1) is 0 Å². The minimum atomic E-state index is -5.31. The van der Waals surface area contributed by atoms with Crippen LogP contribution in [-0.4, -0.2) is 45.9 Å². The summed E-state index contributed by atoms with van der Waals surface area (Å²) in [6, 6.07) is 7.82. The van der Waals surface area contributed by atoms with Gasteiger partial charge in [-0.3, -0.25) is 25.8 Å². The number of halogens is 6. The second-order valence-electron chi connectivity index (χ2n) is 8.95. The van der Waals surface area contributed by atoms with Gasteiger partial charge in [0.25, 0.3) is 11.8 Å². The van der Waals surface area contributed by atoms with Crippen molar-refractivity contribution in [3.05, 3.63) is 78.5 Å². The van der Waals surface area contributed by atoms with Gasteiger partial charge in [-0.15, -0.1) is 13.2 Å². The molecule has 0 saturated carbocycles. The fourth-order valence-electron chi connectivity index (χ4n) is 3.61. The summed E-state index contributed by atoms with van der Waals surface area (Å²) in [4.78, 5) is 40.7. The summed E-state index contributed by atoms with van der Waals surface area (Å²) < 4.78 is 94.5. The van der Waals surface area contributed by atoms with Gasteiger partial charge in [0.1, 0.15) is 11.7 Å². The second kappa shape index (κ2) is 14.5. The molecule has 1 aromatic carbocycles. The first-order valence-corrected chi connectivity index (χ1v) is 12.4. The number of aromatic nitrogens is 1. The lowest BCUT2D eigenvalue weighted by atomic mass is 9.95. The Bertz CT molecular complexity index is 1320. The molecule has 0 aliphatic carbocycles. The van der Waals surface area contributed by atoms with Crippen molar-refractivity contribution >= 4 is 23.6 Å². The molecule has 2 rings (SSSR count). The summed E-state index contributed by atoms with van der Waals surface area (Å²) >= 11 is 0. The van der Waals surface area contributed by atoms with E-state index in [4.69, 9.17) is 14.6 Å². The summed E-state index contributed by atoms with van der Waals surface area (Å²) in [6.45, 7) is 7.49. The number of hydrogen-bond donors (Lipinski definition) is 4. The Morgan fingerprint density at radius 1 is 1.05 bits per heavy atom. The number of benzene rings is 1. The molecule has 2 aromatic rings. The van der Waals surface area contributed by atoms with E-state index < -0.39 is 77.8 Å². The molecule has 0 unspecified atom stereocenters. The Labute approximate surface area is 241 Å². The molecule has 2 atom stereocenters. The zero-order valence-corrected chi connectivity index (χ0v) is 22.6. The van der Waals surface area contributed by atoms with Crippen LogP contribution in [0.2, 0.25) is 0 Å². The van der Waals surface area contributed by atoms with Gasteiger partial charge in [-0.05, 0) is 31.4 Å². The molecule has 16 heteroatoms. The largest absolute Gasteiger partial charge is 0.474 e. The number of hydrogen-bond acceptors (Lipinski definition) is 6. The molecular formula is C27H28F6N4O6. The number of carboxylic acid groups (broad SMARTS) is 1. The second-order valence-corrected chi connectivity index (χ2v) is 8.95. The van der Waals surface area contributed by atoms with Crippen molar-refractivity contribution in [2.75, 3.05) is 5.32 Å². The van der Waals surface area contributed by atoms with Gasteiger partial charge in [-0.2, -0.15) is 26.3 Å². The Morgan fingerprint density at radius 2 is 1.70 bits per heavy atom. The van der Waals surface area contributed by atoms with Crippen LogP contribution in [-0.2, 0) is 22.3 Å². The normalized spacial score (nSPS) is 13.7. The van der Waals surface area contributed by atoms with Gasteiger partial charge in [0, 0.05) is 6.42 Å². The molecule has 0 saturated heterocycles. The highest BCUT2D eigenvalue weighted by molar-refractivity contribution is 6.02. The van der Waals surface area contributed by atoms with E-state index in [2.05, 4.69) is 18.1 Å². The molecule has 0 aliphatic rings. The Hall–Kier alpha value is -4.60. The van der Waals surface area contributed by atoms with Gasteiger partial charge in [0.2, 0.25) is 11.5 Å². The highest BCUT2D eigenvalue weighted by atomic mass is 19.4. The maximum atomic E-state index is 14.3. The zero-order chi connectivity index (χ0) is 32.4. The number of allylic oxidation sites excluding steroid dienone is 1. The van der Waals surface area contributed by atoms with Crippen molar-refractivity contribution in [1.82, 2.24) is 15.8 Å². The van der Waals surface area contributed by atoms with E-state index in [9.17, 15) is 40.7 Å². The van der Waals surface area contributed by atoms with E-state index in [1.807, 2.05) is 0 Å². The van der Waals surface area contributed by atoms with Crippen molar-refractivity contribution in [3.8, 4) is 5.88 Å². The number of pyridine rings is 1. The minimum Gasteiger partial charge on any atom is -0.474 e. The highest BCUT2D eigenvalue weighted by Crippen LogP contribution is 2.40. The molecule has 0 aliphatic heterocycles. The lowest BCUT2D eigenvalue weighted by molar-refractivity contribution is -0.273. The summed E-state index contributed by atoms with van der Waals surface area (Å²) in [5.41, 5.74) is -3.60. The standard InChI is InChI=1S/C27H28F6N4O6/c1-4-6-13-25(27(31,32)33,42-15-17-11-8-7-9-12-17)23(39)37-36-21(38)20-19(34-24(40)41)14-18(26(28,29)30)22(35-20)43-16(3)10-5-2/h4-5,7-9,11-12,14,16,34H,1-2,6,10,13,15H2,3H3,(H,36,38)(H,37,39)(H,40,41)/t16-,25-/m1/s1. The highest BCUT2D eigenvalue weighted by Gasteiger charge is 2.61. The predicted octanol–water partition coefficient (Wildman–Crippen LogP) is 5.78. The number of nitrogens with one attached hydrogen (secondary N) is 3. The number of carbonyl (C=O) groups is 3. The summed E-state index contributed by atoms with van der Waals surface area (Å²) in [5, 5.41) is 10.7. The molecule has 43 heavy (non-hydrogen) atoms. The molecule has 0 bridgehead atoms. The van der Waals surface area contributed by atoms with Crippen molar-refractivity contribution in [2.45, 2.75) is 56.9 Å². The molecule has 1 heterocycles. The van der Waals surface area contributed by atoms with E-state index >= 15 is 0 Å². The SMILES string of the molecule is C=CCC[C@@](OCc1ccccc1)(C(=O)NNC(=O)c1nc(O[C@H](C)CC=C)c(C(F)(F)F)cc1NC(=O)O)C(F)(F)F. The Balaban J connectivity index is 2.47. The number of ether oxygens (including phenoxy) is 2. The Kier molecular flexibility index (Phi) is 11.7. The number of anilines is 1. The van der Waals surface area contributed by atoms with E-state index in [-0.39, 0.29) is 18.9 Å². The van der Waals surface area contributed by atoms with E-state index in [0.29, 0.717) is 5.56 Å². The molecule has 0 spiro atoms. The lowest BCUT2D eigenvalue weighted by Crippen LogP contribution is -2.61. The number of nitrogens with zero attached hydrogens (tertiary/aromatic N) is 1. The number of amides is 3. The first-order chi connectivity index (χ1) is 20.1. The minimum absolute atomic E-state index is 0.0545. The van der Waals surface area contributed by atoms with Crippen LogP contribution in [0.5, 0.6) is 5.88 Å². The van der Waals surface area contributed by atoms with Gasteiger partial charge in [-0.25, -0.2) is 9.78 Å². The van der Waals surface area contributed by atoms with Crippen molar-refractivity contribution < 1.29 is 55.3 Å². The van der Waals surface area contributed by atoms with Gasteiger partial charge < -0.3 is 14.6 Å². The van der Waals surface area contributed by atoms with E-state index in [0.717, 1.165) is 6.08 Å². The molecule has 10 nitrogen and oxygen atoms in total. The first kappa shape index (κ1) is 34.6. The number of carbonyl (C=O) groups excluding carboxylic acids is 2. The van der Waals surface area contributed by atoms with Crippen LogP contribution >= 0.6 is 0 Å². The van der Waals surface area contributed by atoms with Crippen molar-refractivity contribution in [3.63, 3.8) is 0 Å². The average Bonchev–Trinajstić information content (AvgIpc) is 2.91. The summed E-state index contributed by atoms with van der Waals surface area (Å²) in [7, 11) is 0. The van der Waals surface area contributed by atoms with Crippen LogP contribution in [0.3, 0.4) is 0 Å². The smallest absolute Gasteiger partial charge is 0.426 e. The average molecular weight is 619 g/mol. The van der Waals surface area contributed by atoms with Crippen LogP contribution in [0.1, 0.15) is 47.8 Å². The molecular weight excluding hydrogens is 590 g/mol. The fourth-order valence-corrected chi connectivity index (χ4v) is 3.61. The van der Waals surface area contributed by atoms with Crippen LogP contribution in [0.15, 0.2) is 61.7 Å². The van der Waals surface area contributed by atoms with E-state index in [1.165, 1.54) is 37.3 Å². The summed E-state index contributed by atoms with van der Waals surface area (Å²) in [6.07, 6.45) is -12.0. The maximum Gasteiger partial charge on any atom is 0.426 e. The third-order valence-corrected chi connectivity index (χ3v) is 5.70. The summed E-state index contributed by atoms with van der Waals surface area (Å²) in [5.74, 6) is -4.58. The predicted molar refractivity (Wildman–Crippen MR) is 141 cm³/mol. The molecule has 234 valence electrons. The van der Waals surface area contributed by atoms with Gasteiger partial charge in [-0.1, -0.05) is 42.5 Å². The third kappa shape index (κ3) is 9.19. The van der Waals surface area contributed by atoms with E-state index in [1.54, 1.807) is 22.2 Å². The van der Waals surface area contributed by atoms with Gasteiger partial charge >= 0.3 is 18.4 Å². The lowest BCUT2D eigenvalue weighted by Gasteiger charge is -2.34. The first-order valence-electron chi connectivity index (χ1n) is 12.4. The molecule has 1 aromatic heterocycles. The third-order valence-electron chi connectivity index (χ3n) is 5.70. The maximum absolute atomic E-state index is 14.3. The monoisotopic (exact) mass is 618 g/mol. The quantitative estimate of drug-likeness (QED) is 0.127. The van der Waals surface area contributed by atoms with Crippen LogP contribution in [0.4, 0.5) is 36.8 Å². The van der Waals surface area contributed by atoms with Gasteiger partial charge in [0.05, 0.1) is 12.3 Å². The number of hydrazine groups is 1. The van der Waals surface area contributed by atoms with Crippen molar-refractivity contribution in [1.29, 1.82) is 0 Å². The van der Waals surface area contributed by atoms with Crippen LogP contribution in [0.25, 0.3) is 0 Å². The zero-order valence-electron chi connectivity index (χ0n) is 22.6. The fraction of sp³-hybridized carbons (Fsp3) is 0.333. The Morgan fingerprint density at radius 3 is 2.23 bits per heavy atom. The number of alkyl halides is 6. The molecule has 0 fully saturated rings. The molecule has 4 N–H and O–H groups in total. The number of rotatable bonds is 13. The van der Waals surface area contributed by atoms with Gasteiger partial charge in [0.15, 0.2) is 5.69 Å². The molecule has 3 amide bonds. The molecule has 0 radical (unpaired) electrons.